The standard InChI is InChI=1S/C15H18N2O4/c1-15-8-3-2-7(6-8)11(15)13(20)17(14(15)21)9-4-5-10(18)16-12(9)19/h7-9,11H,2-6H2,1H3,(H,16,18,19)/t7-,8+,9+,11+,15+/m0/s1. The van der Waals surface area contributed by atoms with Crippen LogP contribution in [0.2, 0.25) is 0 Å². The molecule has 0 unspecified atom stereocenters. The van der Waals surface area contributed by atoms with Crippen LogP contribution in [0.5, 0.6) is 0 Å². The van der Waals surface area contributed by atoms with E-state index in [0.29, 0.717) is 0 Å². The van der Waals surface area contributed by atoms with Crippen LogP contribution in [0.25, 0.3) is 0 Å². The van der Waals surface area contributed by atoms with Gasteiger partial charge in [0.15, 0.2) is 0 Å². The van der Waals surface area contributed by atoms with Gasteiger partial charge >= 0.3 is 0 Å². The summed E-state index contributed by atoms with van der Waals surface area (Å²) in [4.78, 5) is 50.1. The summed E-state index contributed by atoms with van der Waals surface area (Å²) in [7, 11) is 0. The molecule has 4 aliphatic rings. The number of nitrogens with one attached hydrogen (secondary N) is 1. The van der Waals surface area contributed by atoms with E-state index in [9.17, 15) is 19.2 Å². The summed E-state index contributed by atoms with van der Waals surface area (Å²) in [5.74, 6) is -0.930. The first-order valence-corrected chi connectivity index (χ1v) is 7.65. The number of carbonyl (C=O) groups excluding carboxylic acids is 4. The second-order valence-electron chi connectivity index (χ2n) is 7.01. The SMILES string of the molecule is C[C@]12C(=O)N([C@@H]3CCC(=O)NC3=O)C(=O)[C@H]1[C@H]1CC[C@@H]2C1. The Hall–Kier alpha value is -1.72. The third-order valence-electron chi connectivity index (χ3n) is 6.14. The molecular formula is C15H18N2O4. The molecule has 4 fully saturated rings. The van der Waals surface area contributed by atoms with Crippen LogP contribution in [-0.2, 0) is 19.2 Å². The highest BCUT2D eigenvalue weighted by Gasteiger charge is 2.69. The van der Waals surface area contributed by atoms with E-state index in [0.717, 1.165) is 19.3 Å². The predicted molar refractivity (Wildman–Crippen MR) is 70.5 cm³/mol. The van der Waals surface area contributed by atoms with Gasteiger partial charge in [-0.25, -0.2) is 0 Å². The molecule has 2 heterocycles. The molecule has 4 amide bonds. The Labute approximate surface area is 122 Å². The summed E-state index contributed by atoms with van der Waals surface area (Å²) >= 11 is 0. The van der Waals surface area contributed by atoms with Gasteiger partial charge in [-0.05, 0) is 44.4 Å². The van der Waals surface area contributed by atoms with Gasteiger partial charge in [-0.3, -0.25) is 29.4 Å². The van der Waals surface area contributed by atoms with Crippen molar-refractivity contribution >= 4 is 23.6 Å². The number of imide groups is 2. The molecule has 6 nitrogen and oxygen atoms in total. The van der Waals surface area contributed by atoms with Crippen LogP contribution in [-0.4, -0.2) is 34.6 Å². The van der Waals surface area contributed by atoms with Crippen LogP contribution < -0.4 is 5.32 Å². The van der Waals surface area contributed by atoms with Crippen molar-refractivity contribution in [2.75, 3.05) is 0 Å². The molecule has 0 radical (unpaired) electrons. The van der Waals surface area contributed by atoms with Gasteiger partial charge in [0.05, 0.1) is 11.3 Å². The summed E-state index contributed by atoms with van der Waals surface area (Å²) in [5.41, 5.74) is -0.623. The highest BCUT2D eigenvalue weighted by Crippen LogP contribution is 2.63. The maximum absolute atomic E-state index is 12.9. The highest BCUT2D eigenvalue weighted by atomic mass is 16.2. The lowest BCUT2D eigenvalue weighted by atomic mass is 9.69. The number of piperidine rings is 1. The van der Waals surface area contributed by atoms with Gasteiger partial charge in [-0.1, -0.05) is 0 Å². The van der Waals surface area contributed by atoms with Crippen LogP contribution in [0.15, 0.2) is 0 Å². The van der Waals surface area contributed by atoms with Crippen molar-refractivity contribution in [3.8, 4) is 0 Å². The fraction of sp³-hybridized carbons (Fsp3) is 0.733. The molecule has 2 bridgehead atoms. The number of carbonyl (C=O) groups is 4. The Balaban J connectivity index is 1.69. The van der Waals surface area contributed by atoms with Crippen LogP contribution in [0.3, 0.4) is 0 Å². The highest BCUT2D eigenvalue weighted by molar-refractivity contribution is 6.12. The molecule has 2 saturated carbocycles. The van der Waals surface area contributed by atoms with Crippen molar-refractivity contribution < 1.29 is 19.2 Å². The van der Waals surface area contributed by atoms with Gasteiger partial charge in [0.2, 0.25) is 23.6 Å². The number of nitrogens with zero attached hydrogens (tertiary/aromatic N) is 1. The molecule has 0 aromatic heterocycles. The molecule has 0 aromatic carbocycles. The number of likely N-dealkylation sites (tertiary alicyclic amines) is 1. The third kappa shape index (κ3) is 1.43. The zero-order valence-electron chi connectivity index (χ0n) is 11.9. The Kier molecular flexibility index (Phi) is 2.43. The largest absolute Gasteiger partial charge is 0.295 e. The minimum Gasteiger partial charge on any atom is -0.295 e. The first-order valence-electron chi connectivity index (χ1n) is 7.65. The first kappa shape index (κ1) is 13.0. The number of rotatable bonds is 1. The van der Waals surface area contributed by atoms with E-state index in [1.165, 1.54) is 4.90 Å². The topological polar surface area (TPSA) is 83.6 Å². The minimum absolute atomic E-state index is 0.182. The van der Waals surface area contributed by atoms with Crippen molar-refractivity contribution in [2.45, 2.75) is 45.1 Å². The molecule has 4 rings (SSSR count). The second-order valence-corrected chi connectivity index (χ2v) is 7.01. The van der Waals surface area contributed by atoms with Gasteiger partial charge in [0.25, 0.3) is 0 Å². The maximum Gasteiger partial charge on any atom is 0.249 e. The molecule has 0 aromatic rings. The van der Waals surface area contributed by atoms with E-state index in [-0.39, 0.29) is 48.3 Å². The number of amides is 4. The van der Waals surface area contributed by atoms with Crippen molar-refractivity contribution in [1.29, 1.82) is 0 Å². The number of hydrogen-bond acceptors (Lipinski definition) is 4. The maximum atomic E-state index is 12.9. The van der Waals surface area contributed by atoms with Gasteiger partial charge in [-0.15, -0.1) is 0 Å². The molecule has 112 valence electrons. The molecule has 5 atom stereocenters. The third-order valence-corrected chi connectivity index (χ3v) is 6.14. The Morgan fingerprint density at radius 2 is 1.90 bits per heavy atom. The number of fused-ring (bicyclic) bond motifs is 5. The van der Waals surface area contributed by atoms with E-state index in [2.05, 4.69) is 5.32 Å². The zero-order valence-corrected chi connectivity index (χ0v) is 11.9. The smallest absolute Gasteiger partial charge is 0.249 e. The average Bonchev–Trinajstić information content (AvgIpc) is 3.05. The van der Waals surface area contributed by atoms with E-state index in [1.807, 2.05) is 6.92 Å². The van der Waals surface area contributed by atoms with Gasteiger partial charge in [-0.2, -0.15) is 0 Å². The van der Waals surface area contributed by atoms with E-state index in [1.54, 1.807) is 0 Å². The summed E-state index contributed by atoms with van der Waals surface area (Å²) in [6.45, 7) is 1.90. The van der Waals surface area contributed by atoms with Gasteiger partial charge in [0.1, 0.15) is 6.04 Å². The molecule has 2 saturated heterocycles. The average molecular weight is 290 g/mol. The molecule has 2 aliphatic carbocycles. The molecule has 0 spiro atoms. The number of hydrogen-bond donors (Lipinski definition) is 1. The lowest BCUT2D eigenvalue weighted by Gasteiger charge is -2.32. The Morgan fingerprint density at radius 1 is 1.14 bits per heavy atom. The van der Waals surface area contributed by atoms with Gasteiger partial charge < -0.3 is 0 Å². The van der Waals surface area contributed by atoms with Crippen molar-refractivity contribution in [1.82, 2.24) is 10.2 Å². The molecule has 21 heavy (non-hydrogen) atoms. The quantitative estimate of drug-likeness (QED) is 0.700. The van der Waals surface area contributed by atoms with E-state index < -0.39 is 17.4 Å². The van der Waals surface area contributed by atoms with E-state index >= 15 is 0 Å². The van der Waals surface area contributed by atoms with Gasteiger partial charge in [0, 0.05) is 6.42 Å². The Bertz CT molecular complexity index is 586. The van der Waals surface area contributed by atoms with Crippen molar-refractivity contribution in [3.05, 3.63) is 0 Å². The summed E-state index contributed by atoms with van der Waals surface area (Å²) in [6.07, 6.45) is 3.40. The summed E-state index contributed by atoms with van der Waals surface area (Å²) < 4.78 is 0. The van der Waals surface area contributed by atoms with Crippen LogP contribution >= 0.6 is 0 Å². The Morgan fingerprint density at radius 3 is 2.57 bits per heavy atom. The molecule has 2 aliphatic heterocycles. The van der Waals surface area contributed by atoms with Crippen LogP contribution in [0.4, 0.5) is 0 Å². The normalized spacial score (nSPS) is 45.3. The lowest BCUT2D eigenvalue weighted by Crippen LogP contribution is -2.55. The van der Waals surface area contributed by atoms with Crippen molar-refractivity contribution in [2.24, 2.45) is 23.2 Å². The van der Waals surface area contributed by atoms with Crippen LogP contribution in [0, 0.1) is 23.2 Å². The predicted octanol–water partition coefficient (Wildman–Crippen LogP) is 0.213. The molecular weight excluding hydrogens is 272 g/mol. The summed E-state index contributed by atoms with van der Waals surface area (Å²) in [6, 6.07) is -0.801. The fourth-order valence-electron chi connectivity index (χ4n) is 5.11. The lowest BCUT2D eigenvalue weighted by molar-refractivity contribution is -0.153. The van der Waals surface area contributed by atoms with Crippen molar-refractivity contribution in [3.63, 3.8) is 0 Å². The monoisotopic (exact) mass is 290 g/mol. The van der Waals surface area contributed by atoms with Crippen LogP contribution in [0.1, 0.15) is 39.0 Å². The summed E-state index contributed by atoms with van der Waals surface area (Å²) in [5, 5.41) is 2.24. The first-order chi connectivity index (χ1) is 9.94. The molecule has 1 N–H and O–H groups in total. The minimum atomic E-state index is -0.801. The van der Waals surface area contributed by atoms with E-state index in [4.69, 9.17) is 0 Å². The molecule has 6 heteroatoms. The zero-order chi connectivity index (χ0) is 14.9. The second kappa shape index (κ2) is 3.93. The fourth-order valence-corrected chi connectivity index (χ4v) is 5.11.